The Morgan fingerprint density at radius 1 is 1.56 bits per heavy atom. The van der Waals surface area contributed by atoms with Gasteiger partial charge in [-0.05, 0) is 6.07 Å². The second-order valence-electron chi connectivity index (χ2n) is 3.51. The third-order valence-corrected chi connectivity index (χ3v) is 2.46. The average molecular weight is 269 g/mol. The zero-order chi connectivity index (χ0) is 13.1. The molecule has 7 heteroatoms. The normalized spacial score (nSPS) is 10.3. The lowest BCUT2D eigenvalue weighted by Gasteiger charge is -2.05. The third-order valence-electron chi connectivity index (χ3n) is 2.17. The molecule has 1 aromatic carbocycles. The molecule has 0 atom stereocenters. The van der Waals surface area contributed by atoms with Crippen LogP contribution in [0.4, 0.5) is 5.69 Å². The molecule has 18 heavy (non-hydrogen) atoms. The van der Waals surface area contributed by atoms with Crippen LogP contribution in [0.1, 0.15) is 11.7 Å². The minimum Gasteiger partial charge on any atom is -0.484 e. The van der Waals surface area contributed by atoms with E-state index in [1.54, 1.807) is 13.1 Å². The van der Waals surface area contributed by atoms with Crippen LogP contribution >= 0.6 is 11.6 Å². The third kappa shape index (κ3) is 2.78. The van der Waals surface area contributed by atoms with Gasteiger partial charge in [0.2, 0.25) is 0 Å². The van der Waals surface area contributed by atoms with Crippen molar-refractivity contribution in [2.45, 2.75) is 13.5 Å². The Kier molecular flexibility index (Phi) is 3.47. The Labute approximate surface area is 107 Å². The number of nitrogens with zero attached hydrogens (tertiary/aromatic N) is 2. The van der Waals surface area contributed by atoms with Crippen molar-refractivity contribution in [3.05, 3.63) is 51.2 Å². The van der Waals surface area contributed by atoms with E-state index in [4.69, 9.17) is 20.8 Å². The van der Waals surface area contributed by atoms with Crippen molar-refractivity contribution < 1.29 is 14.1 Å². The fourth-order valence-corrected chi connectivity index (χ4v) is 1.57. The number of rotatable bonds is 4. The van der Waals surface area contributed by atoms with Gasteiger partial charge in [-0.25, -0.2) is 4.98 Å². The zero-order valence-electron chi connectivity index (χ0n) is 9.42. The number of nitro benzene ring substituents is 1. The largest absolute Gasteiger partial charge is 0.484 e. The van der Waals surface area contributed by atoms with E-state index < -0.39 is 4.92 Å². The number of oxazole rings is 1. The number of aryl methyl sites for hydroxylation is 1. The summed E-state index contributed by atoms with van der Waals surface area (Å²) in [6.07, 6.45) is 1.55. The number of hydrogen-bond acceptors (Lipinski definition) is 5. The summed E-state index contributed by atoms with van der Waals surface area (Å²) in [4.78, 5) is 13.9. The number of halogens is 1. The van der Waals surface area contributed by atoms with Gasteiger partial charge in [0, 0.05) is 19.1 Å². The van der Waals surface area contributed by atoms with Gasteiger partial charge >= 0.3 is 0 Å². The minimum atomic E-state index is -0.518. The predicted octanol–water partition coefficient (Wildman–Crippen LogP) is 3.12. The molecule has 2 aromatic rings. The average Bonchev–Trinajstić information content (AvgIpc) is 2.73. The molecule has 0 spiro atoms. The standard InChI is InChI=1S/C11H9ClN2O4/c1-7-13-5-9(18-7)6-17-11-3-2-8(14(15)16)4-10(11)12/h2-5H,6H2,1H3. The maximum atomic E-state index is 10.5. The quantitative estimate of drug-likeness (QED) is 0.629. The molecule has 94 valence electrons. The van der Waals surface area contributed by atoms with E-state index in [0.29, 0.717) is 17.4 Å². The Morgan fingerprint density at radius 3 is 2.89 bits per heavy atom. The first-order chi connectivity index (χ1) is 8.56. The fourth-order valence-electron chi connectivity index (χ4n) is 1.34. The molecule has 0 N–H and O–H groups in total. The maximum Gasteiger partial charge on any atom is 0.271 e. The van der Waals surface area contributed by atoms with Gasteiger partial charge in [0.05, 0.1) is 16.1 Å². The number of aromatic nitrogens is 1. The SMILES string of the molecule is Cc1ncc(COc2ccc([N+](=O)[O-])cc2Cl)o1. The van der Waals surface area contributed by atoms with Gasteiger partial charge in [-0.3, -0.25) is 10.1 Å². The van der Waals surface area contributed by atoms with Gasteiger partial charge in [-0.15, -0.1) is 0 Å². The summed E-state index contributed by atoms with van der Waals surface area (Å²) >= 11 is 5.87. The lowest BCUT2D eigenvalue weighted by molar-refractivity contribution is -0.384. The molecule has 0 aliphatic rings. The summed E-state index contributed by atoms with van der Waals surface area (Å²) in [5, 5.41) is 10.7. The molecule has 0 unspecified atom stereocenters. The number of hydrogen-bond donors (Lipinski definition) is 0. The number of non-ortho nitro benzene ring substituents is 1. The Balaban J connectivity index is 2.08. The van der Waals surface area contributed by atoms with Crippen molar-refractivity contribution in [3.8, 4) is 5.75 Å². The van der Waals surface area contributed by atoms with Crippen LogP contribution in [0, 0.1) is 17.0 Å². The van der Waals surface area contributed by atoms with Gasteiger partial charge in [0.15, 0.2) is 11.7 Å². The highest BCUT2D eigenvalue weighted by molar-refractivity contribution is 6.32. The second kappa shape index (κ2) is 5.05. The number of nitro groups is 1. The Morgan fingerprint density at radius 2 is 2.33 bits per heavy atom. The smallest absolute Gasteiger partial charge is 0.271 e. The summed E-state index contributed by atoms with van der Waals surface area (Å²) in [6.45, 7) is 1.89. The predicted molar refractivity (Wildman–Crippen MR) is 63.7 cm³/mol. The van der Waals surface area contributed by atoms with Crippen molar-refractivity contribution in [1.82, 2.24) is 4.98 Å². The van der Waals surface area contributed by atoms with Crippen LogP contribution < -0.4 is 4.74 Å². The molecule has 0 aliphatic carbocycles. The molecule has 0 amide bonds. The molecule has 0 radical (unpaired) electrons. The van der Waals surface area contributed by atoms with Gasteiger partial charge in [0.25, 0.3) is 5.69 Å². The molecular weight excluding hydrogens is 260 g/mol. The first kappa shape index (κ1) is 12.4. The molecule has 0 saturated carbocycles. The highest BCUT2D eigenvalue weighted by Crippen LogP contribution is 2.29. The number of ether oxygens (including phenoxy) is 1. The van der Waals surface area contributed by atoms with E-state index >= 15 is 0 Å². The molecule has 0 saturated heterocycles. The molecule has 1 heterocycles. The van der Waals surface area contributed by atoms with Crippen LogP contribution in [0.2, 0.25) is 5.02 Å². The summed E-state index contributed by atoms with van der Waals surface area (Å²) in [6, 6.07) is 4.01. The maximum absolute atomic E-state index is 10.5. The summed E-state index contributed by atoms with van der Waals surface area (Å²) < 4.78 is 10.6. The van der Waals surface area contributed by atoms with Crippen LogP contribution in [-0.2, 0) is 6.61 Å². The lowest BCUT2D eigenvalue weighted by atomic mass is 10.3. The van der Waals surface area contributed by atoms with Gasteiger partial charge in [-0.1, -0.05) is 11.6 Å². The Bertz CT molecular complexity index is 582. The van der Waals surface area contributed by atoms with E-state index in [0.717, 1.165) is 0 Å². The van der Waals surface area contributed by atoms with Crippen LogP contribution in [0.5, 0.6) is 5.75 Å². The van der Waals surface area contributed by atoms with E-state index in [-0.39, 0.29) is 17.3 Å². The minimum absolute atomic E-state index is 0.0807. The molecule has 6 nitrogen and oxygen atoms in total. The van der Waals surface area contributed by atoms with Gasteiger partial charge < -0.3 is 9.15 Å². The van der Waals surface area contributed by atoms with Crippen molar-refractivity contribution >= 4 is 17.3 Å². The van der Waals surface area contributed by atoms with Gasteiger partial charge in [0.1, 0.15) is 12.4 Å². The van der Waals surface area contributed by atoms with Crippen molar-refractivity contribution in [2.75, 3.05) is 0 Å². The summed E-state index contributed by atoms with van der Waals surface area (Å²) in [5.74, 6) is 1.46. The first-order valence-corrected chi connectivity index (χ1v) is 5.42. The molecule has 0 bridgehead atoms. The molecular formula is C11H9ClN2O4. The van der Waals surface area contributed by atoms with E-state index in [2.05, 4.69) is 4.98 Å². The van der Waals surface area contributed by atoms with E-state index in [9.17, 15) is 10.1 Å². The van der Waals surface area contributed by atoms with Gasteiger partial charge in [-0.2, -0.15) is 0 Å². The summed E-state index contributed by atoms with van der Waals surface area (Å²) in [5.41, 5.74) is -0.0807. The zero-order valence-corrected chi connectivity index (χ0v) is 10.2. The first-order valence-electron chi connectivity index (χ1n) is 5.04. The highest BCUT2D eigenvalue weighted by atomic mass is 35.5. The fraction of sp³-hybridized carbons (Fsp3) is 0.182. The molecule has 2 rings (SSSR count). The Hall–Kier alpha value is -2.08. The second-order valence-corrected chi connectivity index (χ2v) is 3.91. The van der Waals surface area contributed by atoms with Crippen LogP contribution in [0.25, 0.3) is 0 Å². The van der Waals surface area contributed by atoms with E-state index in [1.807, 2.05) is 0 Å². The topological polar surface area (TPSA) is 78.4 Å². The highest BCUT2D eigenvalue weighted by Gasteiger charge is 2.11. The van der Waals surface area contributed by atoms with Crippen LogP contribution in [-0.4, -0.2) is 9.91 Å². The van der Waals surface area contributed by atoms with Crippen LogP contribution in [0.15, 0.2) is 28.8 Å². The van der Waals surface area contributed by atoms with Crippen LogP contribution in [0.3, 0.4) is 0 Å². The number of benzene rings is 1. The van der Waals surface area contributed by atoms with Crippen molar-refractivity contribution in [3.63, 3.8) is 0 Å². The molecule has 1 aromatic heterocycles. The lowest BCUT2D eigenvalue weighted by Crippen LogP contribution is -1.95. The van der Waals surface area contributed by atoms with E-state index in [1.165, 1.54) is 18.2 Å². The summed E-state index contributed by atoms with van der Waals surface area (Å²) in [7, 11) is 0. The molecule has 0 aliphatic heterocycles. The molecule has 0 fully saturated rings. The van der Waals surface area contributed by atoms with Crippen molar-refractivity contribution in [2.24, 2.45) is 0 Å². The monoisotopic (exact) mass is 268 g/mol. The van der Waals surface area contributed by atoms with Crippen molar-refractivity contribution in [1.29, 1.82) is 0 Å².